The first-order valence-corrected chi connectivity index (χ1v) is 10.6. The van der Waals surface area contributed by atoms with Crippen molar-refractivity contribution in [2.24, 2.45) is 0 Å². The number of benzene rings is 2. The van der Waals surface area contributed by atoms with Gasteiger partial charge in [0, 0.05) is 51.1 Å². The lowest BCUT2D eigenvalue weighted by Gasteiger charge is -2.19. The molecule has 0 bridgehead atoms. The summed E-state index contributed by atoms with van der Waals surface area (Å²) in [5.41, 5.74) is 2.01. The topological polar surface area (TPSA) is 83.2 Å². The third kappa shape index (κ3) is 4.54. The second-order valence-corrected chi connectivity index (χ2v) is 9.09. The molecule has 0 saturated heterocycles. The summed E-state index contributed by atoms with van der Waals surface area (Å²) in [6, 6.07) is 8.51. The molecule has 0 unspecified atom stereocenters. The Morgan fingerprint density at radius 3 is 2.68 bits per heavy atom. The Labute approximate surface area is 184 Å². The Morgan fingerprint density at radius 1 is 1.23 bits per heavy atom. The highest BCUT2D eigenvalue weighted by molar-refractivity contribution is 7.99. The molecule has 6 nitrogen and oxygen atoms in total. The number of halogens is 1. The molecule has 2 amide bonds. The zero-order valence-electron chi connectivity index (χ0n) is 16.9. The fraction of sp³-hybridized carbons (Fsp3) is 0.304. The standard InChI is InChI=1S/C22H22FN3O3S.CH4/c1-22(2,3)29-21(28)25-9-10-30-16-11-12(14-5-4-8-24-14)17-19-15(26-20(17)27)7-6-13(23)18(16)19;/h4-8,11,24H,9-10H2,1-3H3,(H,25,28)(H,26,27);1H4. The van der Waals surface area contributed by atoms with Crippen LogP contribution >= 0.6 is 11.8 Å². The molecule has 164 valence electrons. The summed E-state index contributed by atoms with van der Waals surface area (Å²) in [7, 11) is 0. The molecule has 1 aliphatic heterocycles. The predicted octanol–water partition coefficient (Wildman–Crippen LogP) is 5.79. The van der Waals surface area contributed by atoms with Crippen LogP contribution in [0.15, 0.2) is 41.4 Å². The van der Waals surface area contributed by atoms with E-state index in [4.69, 9.17) is 4.74 Å². The van der Waals surface area contributed by atoms with E-state index in [9.17, 15) is 14.0 Å². The number of aromatic amines is 1. The molecule has 0 saturated carbocycles. The summed E-state index contributed by atoms with van der Waals surface area (Å²) in [5.74, 6) is -0.108. The minimum Gasteiger partial charge on any atom is -0.444 e. The maximum absolute atomic E-state index is 14.8. The van der Waals surface area contributed by atoms with Crippen molar-refractivity contribution in [3.8, 4) is 11.3 Å². The van der Waals surface area contributed by atoms with Gasteiger partial charge in [0.2, 0.25) is 0 Å². The SMILES string of the molecule is C.CC(C)(C)OC(=O)NCCSc1cc(-c2ccc[nH]2)c2c3c(ccc(F)c13)NC2=O. The van der Waals surface area contributed by atoms with Crippen molar-refractivity contribution in [3.63, 3.8) is 0 Å². The Bertz CT molecular complexity index is 1140. The third-order valence-corrected chi connectivity index (χ3v) is 5.63. The Kier molecular flexibility index (Phi) is 6.31. The number of carbonyl (C=O) groups excluding carboxylic acids is 2. The highest BCUT2D eigenvalue weighted by atomic mass is 32.2. The van der Waals surface area contributed by atoms with Crippen molar-refractivity contribution in [3.05, 3.63) is 47.9 Å². The number of hydrogen-bond donors (Lipinski definition) is 3. The molecule has 0 spiro atoms. The summed E-state index contributed by atoms with van der Waals surface area (Å²) in [6.07, 6.45) is 1.29. The molecule has 4 rings (SSSR count). The molecule has 3 N–H and O–H groups in total. The number of amides is 2. The van der Waals surface area contributed by atoms with E-state index in [0.717, 1.165) is 11.3 Å². The number of alkyl carbamates (subject to hydrolysis) is 1. The molecule has 1 aliphatic rings. The van der Waals surface area contributed by atoms with Crippen LogP contribution in [0.1, 0.15) is 38.6 Å². The summed E-state index contributed by atoms with van der Waals surface area (Å²) in [4.78, 5) is 28.3. The zero-order chi connectivity index (χ0) is 21.5. The van der Waals surface area contributed by atoms with Gasteiger partial charge in [-0.2, -0.15) is 0 Å². The number of aromatic nitrogens is 1. The van der Waals surface area contributed by atoms with Crippen LogP contribution in [-0.2, 0) is 4.74 Å². The van der Waals surface area contributed by atoms with Gasteiger partial charge in [-0.1, -0.05) is 7.43 Å². The summed E-state index contributed by atoms with van der Waals surface area (Å²) >= 11 is 1.42. The number of thioether (sulfide) groups is 1. The Hall–Kier alpha value is -3.00. The first-order chi connectivity index (χ1) is 14.2. The van der Waals surface area contributed by atoms with Crippen LogP contribution in [0, 0.1) is 5.82 Å². The van der Waals surface area contributed by atoms with Crippen molar-refractivity contribution < 1.29 is 18.7 Å². The normalized spacial score (nSPS) is 12.5. The molecule has 0 fully saturated rings. The number of H-pyrrole nitrogens is 1. The van der Waals surface area contributed by atoms with Crippen molar-refractivity contribution >= 4 is 40.2 Å². The maximum atomic E-state index is 14.8. The lowest BCUT2D eigenvalue weighted by atomic mass is 9.97. The average Bonchev–Trinajstić information content (AvgIpc) is 3.30. The molecule has 1 aromatic heterocycles. The summed E-state index contributed by atoms with van der Waals surface area (Å²) in [5, 5.41) is 6.54. The van der Waals surface area contributed by atoms with Crippen LogP contribution < -0.4 is 10.6 Å². The fourth-order valence-electron chi connectivity index (χ4n) is 3.47. The van der Waals surface area contributed by atoms with Crippen LogP contribution in [-0.4, -0.2) is 34.9 Å². The number of carbonyl (C=O) groups is 2. The molecule has 8 heteroatoms. The van der Waals surface area contributed by atoms with Gasteiger partial charge in [-0.25, -0.2) is 9.18 Å². The first kappa shape index (κ1) is 22.7. The van der Waals surface area contributed by atoms with Gasteiger partial charge < -0.3 is 20.4 Å². The molecule has 0 radical (unpaired) electrons. The molecule has 0 atom stereocenters. The van der Waals surface area contributed by atoms with Gasteiger partial charge in [0.1, 0.15) is 11.4 Å². The van der Waals surface area contributed by atoms with E-state index in [1.807, 2.05) is 18.2 Å². The Morgan fingerprint density at radius 2 is 2.00 bits per heavy atom. The number of nitrogens with one attached hydrogen (secondary N) is 3. The summed E-state index contributed by atoms with van der Waals surface area (Å²) in [6.45, 7) is 5.76. The van der Waals surface area contributed by atoms with Crippen molar-refractivity contribution in [1.82, 2.24) is 10.3 Å². The molecule has 0 aliphatic carbocycles. The smallest absolute Gasteiger partial charge is 0.407 e. The van der Waals surface area contributed by atoms with Gasteiger partial charge in [-0.3, -0.25) is 4.79 Å². The second-order valence-electron chi connectivity index (χ2n) is 7.96. The van der Waals surface area contributed by atoms with E-state index in [1.165, 1.54) is 17.8 Å². The lowest BCUT2D eigenvalue weighted by molar-refractivity contribution is 0.0531. The summed E-state index contributed by atoms with van der Waals surface area (Å²) < 4.78 is 20.0. The number of ether oxygens (including phenoxy) is 1. The number of rotatable bonds is 5. The van der Waals surface area contributed by atoms with Crippen LogP contribution in [0.2, 0.25) is 0 Å². The quantitative estimate of drug-likeness (QED) is 0.344. The first-order valence-electron chi connectivity index (χ1n) is 9.58. The highest BCUT2D eigenvalue weighted by Gasteiger charge is 2.29. The van der Waals surface area contributed by atoms with E-state index in [2.05, 4.69) is 15.6 Å². The van der Waals surface area contributed by atoms with E-state index < -0.39 is 11.7 Å². The van der Waals surface area contributed by atoms with E-state index in [-0.39, 0.29) is 19.2 Å². The molecular formula is C23H26FN3O3S. The van der Waals surface area contributed by atoms with Gasteiger partial charge in [0.15, 0.2) is 0 Å². The minimum absolute atomic E-state index is 0. The fourth-order valence-corrected chi connectivity index (χ4v) is 4.43. The maximum Gasteiger partial charge on any atom is 0.407 e. The molecular weight excluding hydrogens is 417 g/mol. The van der Waals surface area contributed by atoms with Gasteiger partial charge in [0.05, 0.1) is 5.56 Å². The largest absolute Gasteiger partial charge is 0.444 e. The molecule has 31 heavy (non-hydrogen) atoms. The van der Waals surface area contributed by atoms with Gasteiger partial charge in [0.25, 0.3) is 5.91 Å². The van der Waals surface area contributed by atoms with Gasteiger partial charge in [-0.15, -0.1) is 11.8 Å². The molecule has 2 heterocycles. The molecule has 3 aromatic rings. The number of hydrogen-bond acceptors (Lipinski definition) is 4. The monoisotopic (exact) mass is 443 g/mol. The van der Waals surface area contributed by atoms with Crippen molar-refractivity contribution in [2.75, 3.05) is 17.6 Å². The zero-order valence-corrected chi connectivity index (χ0v) is 17.7. The van der Waals surface area contributed by atoms with Crippen molar-refractivity contribution in [2.45, 2.75) is 38.7 Å². The van der Waals surface area contributed by atoms with Crippen LogP contribution in [0.4, 0.5) is 14.9 Å². The Balaban J connectivity index is 0.00000272. The third-order valence-electron chi connectivity index (χ3n) is 4.59. The van der Waals surface area contributed by atoms with E-state index in [1.54, 1.807) is 33.0 Å². The molecule has 2 aromatic carbocycles. The van der Waals surface area contributed by atoms with E-state index in [0.29, 0.717) is 39.2 Å². The van der Waals surface area contributed by atoms with Gasteiger partial charge >= 0.3 is 6.09 Å². The second kappa shape index (κ2) is 8.63. The van der Waals surface area contributed by atoms with Crippen molar-refractivity contribution in [1.29, 1.82) is 0 Å². The lowest BCUT2D eigenvalue weighted by Crippen LogP contribution is -2.33. The van der Waals surface area contributed by atoms with Crippen LogP contribution in [0.25, 0.3) is 22.0 Å². The van der Waals surface area contributed by atoms with E-state index >= 15 is 0 Å². The van der Waals surface area contributed by atoms with Gasteiger partial charge in [-0.05, 0) is 51.1 Å². The van der Waals surface area contributed by atoms with Crippen LogP contribution in [0.5, 0.6) is 0 Å². The van der Waals surface area contributed by atoms with Crippen LogP contribution in [0.3, 0.4) is 0 Å². The number of anilines is 1. The highest BCUT2D eigenvalue weighted by Crippen LogP contribution is 2.44. The average molecular weight is 444 g/mol. The predicted molar refractivity (Wildman–Crippen MR) is 123 cm³/mol. The minimum atomic E-state index is -0.567.